The lowest BCUT2D eigenvalue weighted by Crippen LogP contribution is -2.54. The highest BCUT2D eigenvalue weighted by atomic mass is 19.4. The second-order valence-corrected chi connectivity index (χ2v) is 7.54. The maximum atomic E-state index is 14.1. The van der Waals surface area contributed by atoms with Crippen LogP contribution in [0.1, 0.15) is 11.1 Å². The van der Waals surface area contributed by atoms with E-state index in [-0.39, 0.29) is 18.0 Å². The molecule has 31 heavy (non-hydrogen) atoms. The first kappa shape index (κ1) is 21.2. The third kappa shape index (κ3) is 5.17. The predicted octanol–water partition coefficient (Wildman–Crippen LogP) is 5.63. The van der Waals surface area contributed by atoms with Gasteiger partial charge in [-0.1, -0.05) is 60.7 Å². The normalized spacial score (nSPS) is 18.6. The van der Waals surface area contributed by atoms with E-state index in [2.05, 4.69) is 5.32 Å². The van der Waals surface area contributed by atoms with Crippen LogP contribution in [0.3, 0.4) is 0 Å². The number of rotatable bonds is 5. The average Bonchev–Trinajstić information content (AvgIpc) is 2.94. The number of benzene rings is 3. The number of hydrogen-bond donors (Lipinski definition) is 1. The summed E-state index contributed by atoms with van der Waals surface area (Å²) in [4.78, 5) is 1.76. The minimum absolute atomic E-state index is 0.00871. The Morgan fingerprint density at radius 1 is 0.871 bits per heavy atom. The van der Waals surface area contributed by atoms with Crippen molar-refractivity contribution in [2.45, 2.75) is 31.4 Å². The Morgan fingerprint density at radius 2 is 1.45 bits per heavy atom. The van der Waals surface area contributed by atoms with Crippen molar-refractivity contribution in [1.29, 1.82) is 0 Å². The van der Waals surface area contributed by atoms with Gasteiger partial charge < -0.3 is 10.1 Å². The van der Waals surface area contributed by atoms with Crippen LogP contribution in [0, 0.1) is 5.82 Å². The number of anilines is 1. The molecule has 0 unspecified atom stereocenters. The zero-order valence-corrected chi connectivity index (χ0v) is 16.6. The molecule has 1 N–H and O–H groups in total. The standard InChI is InChI=1S/C24H22F4N2O/c25-19-11-12-22-20(13-19)29-14-21(23(31-22)24(26,27)28)30(15-17-7-3-1-4-8-17)16-18-9-5-2-6-10-18/h1-13,21,23,29H,14-16H2/t21-,23-/m0/s1. The summed E-state index contributed by atoms with van der Waals surface area (Å²) in [7, 11) is 0. The number of ether oxygens (including phenoxy) is 1. The summed E-state index contributed by atoms with van der Waals surface area (Å²) in [6, 6.07) is 21.2. The Labute approximate surface area is 178 Å². The van der Waals surface area contributed by atoms with Gasteiger partial charge in [0.15, 0.2) is 0 Å². The SMILES string of the molecule is Fc1ccc2c(c1)NC[C@H](N(Cc1ccccc1)Cc1ccccc1)[C@@H](C(F)(F)F)O2. The smallest absolute Gasteiger partial charge is 0.427 e. The quantitative estimate of drug-likeness (QED) is 0.531. The maximum absolute atomic E-state index is 14.1. The molecule has 0 aromatic heterocycles. The van der Waals surface area contributed by atoms with E-state index in [1.165, 1.54) is 6.07 Å². The Kier molecular flexibility index (Phi) is 6.13. The van der Waals surface area contributed by atoms with Gasteiger partial charge >= 0.3 is 6.18 Å². The molecule has 0 saturated heterocycles. The fourth-order valence-corrected chi connectivity index (χ4v) is 3.81. The van der Waals surface area contributed by atoms with Crippen molar-refractivity contribution in [3.05, 3.63) is 95.8 Å². The van der Waals surface area contributed by atoms with Crippen molar-refractivity contribution in [3.63, 3.8) is 0 Å². The molecule has 0 aliphatic carbocycles. The first-order valence-electron chi connectivity index (χ1n) is 9.99. The van der Waals surface area contributed by atoms with Gasteiger partial charge in [-0.25, -0.2) is 4.39 Å². The molecule has 0 amide bonds. The summed E-state index contributed by atoms with van der Waals surface area (Å²) in [6.45, 7) is 0.575. The van der Waals surface area contributed by atoms with E-state index in [1.54, 1.807) is 4.90 Å². The van der Waals surface area contributed by atoms with Crippen molar-refractivity contribution >= 4 is 5.69 Å². The van der Waals surface area contributed by atoms with Crippen LogP contribution in [-0.2, 0) is 13.1 Å². The third-order valence-electron chi connectivity index (χ3n) is 5.30. The molecule has 0 radical (unpaired) electrons. The van der Waals surface area contributed by atoms with Crippen LogP contribution in [0.25, 0.3) is 0 Å². The van der Waals surface area contributed by atoms with E-state index in [9.17, 15) is 17.6 Å². The van der Waals surface area contributed by atoms with Gasteiger partial charge in [-0.15, -0.1) is 0 Å². The number of halogens is 4. The first-order valence-corrected chi connectivity index (χ1v) is 9.99. The van der Waals surface area contributed by atoms with Gasteiger partial charge in [-0.2, -0.15) is 13.2 Å². The van der Waals surface area contributed by atoms with E-state index >= 15 is 0 Å². The van der Waals surface area contributed by atoms with E-state index < -0.39 is 24.1 Å². The van der Waals surface area contributed by atoms with E-state index in [4.69, 9.17) is 4.74 Å². The fourth-order valence-electron chi connectivity index (χ4n) is 3.81. The van der Waals surface area contributed by atoms with Gasteiger partial charge in [0.05, 0.1) is 11.7 Å². The summed E-state index contributed by atoms with van der Waals surface area (Å²) in [5.74, 6) is -0.548. The molecule has 3 aromatic carbocycles. The zero-order chi connectivity index (χ0) is 21.8. The van der Waals surface area contributed by atoms with Gasteiger partial charge in [0, 0.05) is 25.7 Å². The predicted molar refractivity (Wildman–Crippen MR) is 111 cm³/mol. The second-order valence-electron chi connectivity index (χ2n) is 7.54. The van der Waals surface area contributed by atoms with Crippen LogP contribution in [0.15, 0.2) is 78.9 Å². The minimum Gasteiger partial charge on any atom is -0.477 e. The Hall–Kier alpha value is -3.06. The van der Waals surface area contributed by atoms with Crippen LogP contribution < -0.4 is 10.1 Å². The molecule has 1 heterocycles. The number of alkyl halides is 3. The largest absolute Gasteiger partial charge is 0.477 e. The molecule has 0 saturated carbocycles. The highest BCUT2D eigenvalue weighted by Crippen LogP contribution is 2.37. The fraction of sp³-hybridized carbons (Fsp3) is 0.250. The summed E-state index contributed by atoms with van der Waals surface area (Å²) in [6.07, 6.45) is -6.67. The monoisotopic (exact) mass is 430 g/mol. The third-order valence-corrected chi connectivity index (χ3v) is 5.30. The minimum atomic E-state index is -4.60. The molecular formula is C24H22F4N2O. The number of fused-ring (bicyclic) bond motifs is 1. The van der Waals surface area contributed by atoms with Crippen LogP contribution in [0.2, 0.25) is 0 Å². The maximum Gasteiger partial charge on any atom is 0.427 e. The molecule has 7 heteroatoms. The van der Waals surface area contributed by atoms with Gasteiger partial charge in [-0.3, -0.25) is 4.90 Å². The molecule has 0 bridgehead atoms. The number of hydrogen-bond acceptors (Lipinski definition) is 3. The van der Waals surface area contributed by atoms with Crippen molar-refractivity contribution in [2.24, 2.45) is 0 Å². The number of nitrogens with zero attached hydrogens (tertiary/aromatic N) is 1. The van der Waals surface area contributed by atoms with E-state index in [0.29, 0.717) is 13.1 Å². The van der Waals surface area contributed by atoms with Gasteiger partial charge in [-0.05, 0) is 23.3 Å². The molecule has 162 valence electrons. The zero-order valence-electron chi connectivity index (χ0n) is 16.6. The molecule has 1 aliphatic rings. The molecule has 0 spiro atoms. The van der Waals surface area contributed by atoms with Crippen LogP contribution in [-0.4, -0.2) is 29.8 Å². The summed E-state index contributed by atoms with van der Waals surface area (Å²) in [5, 5.41) is 2.96. The van der Waals surface area contributed by atoms with Crippen molar-refractivity contribution in [1.82, 2.24) is 4.90 Å². The lowest BCUT2D eigenvalue weighted by atomic mass is 10.0. The summed E-state index contributed by atoms with van der Waals surface area (Å²) < 4.78 is 61.5. The summed E-state index contributed by atoms with van der Waals surface area (Å²) in [5.41, 5.74) is 2.01. The topological polar surface area (TPSA) is 24.5 Å². The highest BCUT2D eigenvalue weighted by molar-refractivity contribution is 5.57. The van der Waals surface area contributed by atoms with E-state index in [0.717, 1.165) is 23.3 Å². The Morgan fingerprint density at radius 3 is 2.00 bits per heavy atom. The van der Waals surface area contributed by atoms with Crippen LogP contribution in [0.4, 0.5) is 23.2 Å². The highest BCUT2D eigenvalue weighted by Gasteiger charge is 2.50. The molecule has 2 atom stereocenters. The van der Waals surface area contributed by atoms with E-state index in [1.807, 2.05) is 60.7 Å². The average molecular weight is 430 g/mol. The van der Waals surface area contributed by atoms with Gasteiger partial charge in [0.25, 0.3) is 0 Å². The first-order chi connectivity index (χ1) is 14.9. The second kappa shape index (κ2) is 8.98. The Balaban J connectivity index is 1.70. The summed E-state index contributed by atoms with van der Waals surface area (Å²) >= 11 is 0. The Bertz CT molecular complexity index is 954. The molecule has 3 aromatic rings. The lowest BCUT2D eigenvalue weighted by molar-refractivity contribution is -0.211. The molecule has 4 rings (SSSR count). The van der Waals surface area contributed by atoms with Crippen LogP contribution in [0.5, 0.6) is 5.75 Å². The molecule has 3 nitrogen and oxygen atoms in total. The van der Waals surface area contributed by atoms with Crippen molar-refractivity contribution in [2.75, 3.05) is 11.9 Å². The van der Waals surface area contributed by atoms with Crippen molar-refractivity contribution < 1.29 is 22.3 Å². The number of nitrogens with one attached hydrogen (secondary N) is 1. The molecule has 1 aliphatic heterocycles. The molecular weight excluding hydrogens is 408 g/mol. The van der Waals surface area contributed by atoms with Crippen molar-refractivity contribution in [3.8, 4) is 5.75 Å². The van der Waals surface area contributed by atoms with Gasteiger partial charge in [0.1, 0.15) is 11.6 Å². The van der Waals surface area contributed by atoms with Gasteiger partial charge in [0.2, 0.25) is 6.10 Å². The van der Waals surface area contributed by atoms with Crippen LogP contribution >= 0.6 is 0 Å². The lowest BCUT2D eigenvalue weighted by Gasteiger charge is -2.36. The molecule has 0 fully saturated rings.